The Morgan fingerprint density at radius 2 is 0.873 bits per heavy atom. The zero-order valence-corrected chi connectivity index (χ0v) is 29.6. The molecule has 0 fully saturated rings. The maximum absolute atomic E-state index is 6.30. The SMILES string of the molecule is c1ccc(-c2ccccc2-c2nc(-c3cccc(-c4cccc5c4ccc4ccc6ccccc6c45)c3)nc(-c3cccc4oc5ccccc5c34)n2)cc1. The van der Waals surface area contributed by atoms with Crippen molar-refractivity contribution in [3.8, 4) is 56.4 Å². The number of fused-ring (bicyclic) bond motifs is 8. The van der Waals surface area contributed by atoms with E-state index in [1.165, 1.54) is 32.3 Å². The van der Waals surface area contributed by atoms with E-state index in [1.807, 2.05) is 42.5 Å². The van der Waals surface area contributed by atoms with Crippen molar-refractivity contribution in [1.29, 1.82) is 0 Å². The fraction of sp³-hybridized carbons (Fsp3) is 0. The Morgan fingerprint density at radius 3 is 1.78 bits per heavy atom. The fourth-order valence-corrected chi connectivity index (χ4v) is 8.20. The van der Waals surface area contributed by atoms with Crippen LogP contribution >= 0.6 is 0 Å². The summed E-state index contributed by atoms with van der Waals surface area (Å²) in [4.78, 5) is 15.7. The van der Waals surface area contributed by atoms with Crippen molar-refractivity contribution in [2.45, 2.75) is 0 Å². The van der Waals surface area contributed by atoms with E-state index in [9.17, 15) is 0 Å². The summed E-state index contributed by atoms with van der Waals surface area (Å²) in [5.74, 6) is 1.80. The molecular weight excluding hydrogens is 671 g/mol. The molecule has 0 radical (unpaired) electrons. The average Bonchev–Trinajstić information content (AvgIpc) is 3.65. The van der Waals surface area contributed by atoms with Gasteiger partial charge < -0.3 is 4.42 Å². The third-order valence-electron chi connectivity index (χ3n) is 10.7. The summed E-state index contributed by atoms with van der Waals surface area (Å²) < 4.78 is 6.30. The van der Waals surface area contributed by atoms with Gasteiger partial charge in [-0.15, -0.1) is 0 Å². The highest BCUT2D eigenvalue weighted by Crippen LogP contribution is 2.40. The summed E-state index contributed by atoms with van der Waals surface area (Å²) in [5, 5.41) is 9.47. The monoisotopic (exact) mass is 701 g/mol. The second-order valence-corrected chi connectivity index (χ2v) is 13.9. The maximum Gasteiger partial charge on any atom is 0.164 e. The van der Waals surface area contributed by atoms with Crippen LogP contribution in [-0.4, -0.2) is 15.0 Å². The smallest absolute Gasteiger partial charge is 0.164 e. The van der Waals surface area contributed by atoms with E-state index in [0.29, 0.717) is 17.5 Å². The van der Waals surface area contributed by atoms with E-state index in [0.717, 1.165) is 60.9 Å². The van der Waals surface area contributed by atoms with Gasteiger partial charge in [0.05, 0.1) is 0 Å². The average molecular weight is 702 g/mol. The molecule has 0 saturated carbocycles. The molecule has 256 valence electrons. The fourth-order valence-electron chi connectivity index (χ4n) is 8.20. The van der Waals surface area contributed by atoms with Crippen LogP contribution in [-0.2, 0) is 0 Å². The van der Waals surface area contributed by atoms with Gasteiger partial charge in [-0.25, -0.2) is 15.0 Å². The van der Waals surface area contributed by atoms with Crippen molar-refractivity contribution in [2.75, 3.05) is 0 Å². The molecule has 0 aliphatic carbocycles. The second kappa shape index (κ2) is 12.6. The van der Waals surface area contributed by atoms with Crippen molar-refractivity contribution >= 4 is 54.3 Å². The van der Waals surface area contributed by atoms with E-state index in [-0.39, 0.29) is 0 Å². The number of benzene rings is 9. The van der Waals surface area contributed by atoms with Gasteiger partial charge in [0, 0.05) is 27.5 Å². The molecule has 55 heavy (non-hydrogen) atoms. The van der Waals surface area contributed by atoms with Crippen LogP contribution in [0.5, 0.6) is 0 Å². The Hall–Kier alpha value is -7.43. The van der Waals surface area contributed by atoms with E-state index in [4.69, 9.17) is 19.4 Å². The van der Waals surface area contributed by atoms with Crippen LogP contribution in [0.3, 0.4) is 0 Å². The van der Waals surface area contributed by atoms with Gasteiger partial charge in [0.15, 0.2) is 17.5 Å². The first-order valence-electron chi connectivity index (χ1n) is 18.5. The Morgan fingerprint density at radius 1 is 0.291 bits per heavy atom. The standard InChI is InChI=1S/C51H31N3O/c1-2-13-32(14-3-1)37-18-6-7-20-42(37)50-52-49(53-51(54-50)44-24-12-26-46-48(44)43-21-8-9-25-45(43)55-46)36-17-10-16-35(31-36)38-22-11-23-41-40(38)30-29-34-28-27-33-15-4-5-19-39(33)47(34)41/h1-31H. The van der Waals surface area contributed by atoms with Crippen molar-refractivity contribution in [3.63, 3.8) is 0 Å². The second-order valence-electron chi connectivity index (χ2n) is 13.9. The van der Waals surface area contributed by atoms with Crippen molar-refractivity contribution in [1.82, 2.24) is 15.0 Å². The van der Waals surface area contributed by atoms with Crippen LogP contribution in [0.25, 0.3) is 111 Å². The molecule has 0 saturated heterocycles. The quantitative estimate of drug-likeness (QED) is 0.168. The molecule has 4 heteroatoms. The summed E-state index contributed by atoms with van der Waals surface area (Å²) in [5.41, 5.74) is 8.78. The molecule has 0 aliphatic rings. The van der Waals surface area contributed by atoms with Crippen molar-refractivity contribution in [3.05, 3.63) is 188 Å². The van der Waals surface area contributed by atoms with Gasteiger partial charge in [0.1, 0.15) is 11.2 Å². The normalized spacial score (nSPS) is 11.6. The summed E-state index contributed by atoms with van der Waals surface area (Å²) >= 11 is 0. The van der Waals surface area contributed by atoms with Crippen LogP contribution in [0.4, 0.5) is 0 Å². The number of aromatic nitrogens is 3. The number of rotatable bonds is 5. The van der Waals surface area contributed by atoms with Gasteiger partial charge in [-0.3, -0.25) is 0 Å². The molecule has 2 aromatic heterocycles. The Kier molecular flexibility index (Phi) is 7.14. The molecule has 0 aliphatic heterocycles. The summed E-state index contributed by atoms with van der Waals surface area (Å²) in [6, 6.07) is 65.8. The lowest BCUT2D eigenvalue weighted by molar-refractivity contribution is 0.669. The predicted octanol–water partition coefficient (Wildman–Crippen LogP) is 13.6. The third-order valence-corrected chi connectivity index (χ3v) is 10.7. The number of hydrogen-bond acceptors (Lipinski definition) is 4. The highest BCUT2D eigenvalue weighted by molar-refractivity contribution is 6.22. The van der Waals surface area contributed by atoms with Gasteiger partial charge >= 0.3 is 0 Å². The lowest BCUT2D eigenvalue weighted by Gasteiger charge is -2.14. The molecule has 2 heterocycles. The maximum atomic E-state index is 6.30. The van der Waals surface area contributed by atoms with Crippen molar-refractivity contribution in [2.24, 2.45) is 0 Å². The van der Waals surface area contributed by atoms with E-state index in [1.54, 1.807) is 0 Å². The zero-order valence-electron chi connectivity index (χ0n) is 29.6. The lowest BCUT2D eigenvalue weighted by Crippen LogP contribution is -2.01. The topological polar surface area (TPSA) is 51.8 Å². The number of furan rings is 1. The number of para-hydroxylation sites is 1. The van der Waals surface area contributed by atoms with Gasteiger partial charge in [0.2, 0.25) is 0 Å². The molecule has 11 rings (SSSR count). The van der Waals surface area contributed by atoms with Gasteiger partial charge in [-0.05, 0) is 72.8 Å². The van der Waals surface area contributed by atoms with E-state index >= 15 is 0 Å². The summed E-state index contributed by atoms with van der Waals surface area (Å²) in [7, 11) is 0. The lowest BCUT2D eigenvalue weighted by atomic mass is 9.92. The van der Waals surface area contributed by atoms with Crippen LogP contribution in [0, 0.1) is 0 Å². The first-order chi connectivity index (χ1) is 27.3. The van der Waals surface area contributed by atoms with Crippen LogP contribution in [0.2, 0.25) is 0 Å². The molecular formula is C51H31N3O. The molecule has 0 atom stereocenters. The first-order valence-corrected chi connectivity index (χ1v) is 18.5. The molecule has 0 bridgehead atoms. The summed E-state index contributed by atoms with van der Waals surface area (Å²) in [6.07, 6.45) is 0. The highest BCUT2D eigenvalue weighted by Gasteiger charge is 2.20. The predicted molar refractivity (Wildman–Crippen MR) is 227 cm³/mol. The Balaban J connectivity index is 1.13. The van der Waals surface area contributed by atoms with Gasteiger partial charge in [0.25, 0.3) is 0 Å². The van der Waals surface area contributed by atoms with Crippen molar-refractivity contribution < 1.29 is 4.42 Å². The molecule has 0 spiro atoms. The molecule has 11 aromatic rings. The van der Waals surface area contributed by atoms with E-state index in [2.05, 4.69) is 146 Å². The minimum atomic E-state index is 0.592. The first kappa shape index (κ1) is 31.1. The van der Waals surface area contributed by atoms with Gasteiger partial charge in [-0.1, -0.05) is 170 Å². The van der Waals surface area contributed by atoms with Crippen LogP contribution in [0.15, 0.2) is 192 Å². The zero-order chi connectivity index (χ0) is 36.3. The van der Waals surface area contributed by atoms with Crippen LogP contribution < -0.4 is 0 Å². The molecule has 4 nitrogen and oxygen atoms in total. The Bertz CT molecular complexity index is 3270. The highest BCUT2D eigenvalue weighted by atomic mass is 16.3. The minimum absolute atomic E-state index is 0.592. The largest absolute Gasteiger partial charge is 0.456 e. The van der Waals surface area contributed by atoms with Gasteiger partial charge in [-0.2, -0.15) is 0 Å². The number of nitrogens with zero attached hydrogens (tertiary/aromatic N) is 3. The van der Waals surface area contributed by atoms with Crippen LogP contribution in [0.1, 0.15) is 0 Å². The molecule has 0 N–H and O–H groups in total. The Labute approximate surface area is 317 Å². The van der Waals surface area contributed by atoms with E-state index < -0.39 is 0 Å². The minimum Gasteiger partial charge on any atom is -0.456 e. The molecule has 0 amide bonds. The molecule has 9 aromatic carbocycles. The molecule has 0 unspecified atom stereocenters. The summed E-state index contributed by atoms with van der Waals surface area (Å²) in [6.45, 7) is 0. The third kappa shape index (κ3) is 5.19. The number of hydrogen-bond donors (Lipinski definition) is 0.